The van der Waals surface area contributed by atoms with Gasteiger partial charge in [-0.05, 0) is 31.4 Å². The normalized spacial score (nSPS) is 12.2. The number of anilines is 1. The number of hydrogen-bond donors (Lipinski definition) is 1. The van der Waals surface area contributed by atoms with Crippen LogP contribution in [-0.2, 0) is 0 Å². The molecule has 1 N–H and O–H groups in total. The first kappa shape index (κ1) is 12.5. The van der Waals surface area contributed by atoms with E-state index < -0.39 is 0 Å². The second-order valence-electron chi connectivity index (χ2n) is 4.40. The van der Waals surface area contributed by atoms with E-state index in [2.05, 4.69) is 37.1 Å². The van der Waals surface area contributed by atoms with Gasteiger partial charge in [0.25, 0.3) is 0 Å². The fourth-order valence-corrected chi connectivity index (χ4v) is 1.74. The summed E-state index contributed by atoms with van der Waals surface area (Å²) in [5.41, 5.74) is 1.54. The Morgan fingerprint density at radius 2 is 2.12 bits per heavy atom. The van der Waals surface area contributed by atoms with Crippen molar-refractivity contribution in [3.63, 3.8) is 0 Å². The fourth-order valence-electron chi connectivity index (χ4n) is 1.74. The van der Waals surface area contributed by atoms with Crippen LogP contribution in [0.5, 0.6) is 0 Å². The molecule has 0 radical (unpaired) electrons. The van der Waals surface area contributed by atoms with Gasteiger partial charge >= 0.3 is 0 Å². The summed E-state index contributed by atoms with van der Waals surface area (Å²) in [5, 5.41) is 12.3. The molecule has 1 atom stereocenters. The molecule has 0 bridgehead atoms. The smallest absolute Gasteiger partial charge is 0.127 e. The van der Waals surface area contributed by atoms with Crippen LogP contribution < -0.4 is 5.32 Å². The van der Waals surface area contributed by atoms with Gasteiger partial charge in [0.15, 0.2) is 0 Å². The van der Waals surface area contributed by atoms with Gasteiger partial charge < -0.3 is 5.32 Å². The molecule has 0 aliphatic carbocycles. The van der Waals surface area contributed by atoms with Crippen LogP contribution >= 0.6 is 0 Å². The van der Waals surface area contributed by atoms with E-state index in [1.807, 2.05) is 6.92 Å². The molecule has 1 unspecified atom stereocenters. The third kappa shape index (κ3) is 3.23. The quantitative estimate of drug-likeness (QED) is 0.843. The van der Waals surface area contributed by atoms with Crippen molar-refractivity contribution >= 4 is 5.82 Å². The van der Waals surface area contributed by atoms with E-state index in [4.69, 9.17) is 5.26 Å². The predicted octanol–water partition coefficient (Wildman–Crippen LogP) is 3.11. The van der Waals surface area contributed by atoms with Crippen LogP contribution in [-0.4, -0.2) is 11.0 Å². The lowest BCUT2D eigenvalue weighted by atomic mass is 10.0. The monoisotopic (exact) mass is 217 g/mol. The van der Waals surface area contributed by atoms with Gasteiger partial charge in [0.05, 0.1) is 11.6 Å². The maximum absolute atomic E-state index is 8.88. The Hall–Kier alpha value is -1.56. The molecule has 0 aliphatic rings. The highest BCUT2D eigenvalue weighted by Crippen LogP contribution is 2.15. The van der Waals surface area contributed by atoms with E-state index in [9.17, 15) is 0 Å². The lowest BCUT2D eigenvalue weighted by Gasteiger charge is -2.21. The number of aryl methyl sites for hydroxylation is 1. The molecule has 0 saturated heterocycles. The Balaban J connectivity index is 2.88. The van der Waals surface area contributed by atoms with Gasteiger partial charge in [-0.1, -0.05) is 20.8 Å². The molecule has 0 amide bonds. The van der Waals surface area contributed by atoms with Crippen LogP contribution in [0.2, 0.25) is 0 Å². The fraction of sp³-hybridized carbons (Fsp3) is 0.538. The summed E-state index contributed by atoms with van der Waals surface area (Å²) in [6.45, 7) is 8.42. The van der Waals surface area contributed by atoms with Crippen LogP contribution in [0.15, 0.2) is 12.1 Å². The van der Waals surface area contributed by atoms with Crippen molar-refractivity contribution in [2.45, 2.75) is 40.2 Å². The molecule has 0 fully saturated rings. The van der Waals surface area contributed by atoms with Crippen molar-refractivity contribution in [1.29, 1.82) is 5.26 Å². The summed E-state index contributed by atoms with van der Waals surface area (Å²) in [6.07, 6.45) is 1.05. The van der Waals surface area contributed by atoms with Crippen molar-refractivity contribution in [2.75, 3.05) is 5.32 Å². The standard InChI is InChI=1S/C13H19N3/c1-5-12(9(2)3)16-13-7-11(8-14)6-10(4)15-13/h6-7,9,12H,5H2,1-4H3,(H,15,16). The van der Waals surface area contributed by atoms with Crippen molar-refractivity contribution in [1.82, 2.24) is 4.98 Å². The van der Waals surface area contributed by atoms with Gasteiger partial charge in [-0.3, -0.25) is 0 Å². The van der Waals surface area contributed by atoms with Gasteiger partial charge in [-0.2, -0.15) is 5.26 Å². The third-order valence-corrected chi connectivity index (χ3v) is 2.66. The Labute approximate surface area is 97.5 Å². The summed E-state index contributed by atoms with van der Waals surface area (Å²) < 4.78 is 0. The molecule has 1 aromatic heterocycles. The molecule has 0 spiro atoms. The molecular formula is C13H19N3. The van der Waals surface area contributed by atoms with Gasteiger partial charge in [0.2, 0.25) is 0 Å². The van der Waals surface area contributed by atoms with E-state index in [-0.39, 0.29) is 0 Å². The summed E-state index contributed by atoms with van der Waals surface area (Å²) in [5.74, 6) is 1.36. The maximum Gasteiger partial charge on any atom is 0.127 e. The number of pyridine rings is 1. The highest BCUT2D eigenvalue weighted by atomic mass is 15.0. The highest BCUT2D eigenvalue weighted by molar-refractivity contribution is 5.45. The van der Waals surface area contributed by atoms with E-state index >= 15 is 0 Å². The number of nitrogens with zero attached hydrogens (tertiary/aromatic N) is 2. The highest BCUT2D eigenvalue weighted by Gasteiger charge is 2.11. The van der Waals surface area contributed by atoms with Crippen molar-refractivity contribution in [3.8, 4) is 6.07 Å². The lowest BCUT2D eigenvalue weighted by molar-refractivity contribution is 0.509. The first-order chi connectivity index (χ1) is 7.56. The average Bonchev–Trinajstić information content (AvgIpc) is 2.24. The summed E-state index contributed by atoms with van der Waals surface area (Å²) >= 11 is 0. The minimum Gasteiger partial charge on any atom is -0.367 e. The number of aromatic nitrogens is 1. The van der Waals surface area contributed by atoms with Gasteiger partial charge in [-0.25, -0.2) is 4.98 Å². The van der Waals surface area contributed by atoms with E-state index in [0.717, 1.165) is 17.9 Å². The first-order valence-corrected chi connectivity index (χ1v) is 5.72. The topological polar surface area (TPSA) is 48.7 Å². The Bertz CT molecular complexity index is 391. The molecular weight excluding hydrogens is 198 g/mol. The molecule has 3 heteroatoms. The minimum absolute atomic E-state index is 0.404. The van der Waals surface area contributed by atoms with Crippen LogP contribution in [0.1, 0.15) is 38.4 Å². The molecule has 3 nitrogen and oxygen atoms in total. The largest absolute Gasteiger partial charge is 0.367 e. The predicted molar refractivity (Wildman–Crippen MR) is 66.2 cm³/mol. The number of rotatable bonds is 4. The second kappa shape index (κ2) is 5.50. The first-order valence-electron chi connectivity index (χ1n) is 5.72. The average molecular weight is 217 g/mol. The molecule has 86 valence electrons. The second-order valence-corrected chi connectivity index (χ2v) is 4.40. The van der Waals surface area contributed by atoms with Gasteiger partial charge in [-0.15, -0.1) is 0 Å². The van der Waals surface area contributed by atoms with E-state index in [0.29, 0.717) is 17.5 Å². The molecule has 16 heavy (non-hydrogen) atoms. The molecule has 0 aliphatic heterocycles. The van der Waals surface area contributed by atoms with Gasteiger partial charge in [0, 0.05) is 11.7 Å². The minimum atomic E-state index is 0.404. The van der Waals surface area contributed by atoms with Crippen LogP contribution in [0.25, 0.3) is 0 Å². The lowest BCUT2D eigenvalue weighted by Crippen LogP contribution is -2.25. The number of hydrogen-bond acceptors (Lipinski definition) is 3. The van der Waals surface area contributed by atoms with Crippen molar-refractivity contribution in [2.24, 2.45) is 5.92 Å². The summed E-state index contributed by atoms with van der Waals surface area (Å²) in [4.78, 5) is 4.39. The molecule has 0 aromatic carbocycles. The zero-order valence-electron chi connectivity index (χ0n) is 10.4. The Kier molecular flexibility index (Phi) is 4.30. The van der Waals surface area contributed by atoms with Crippen LogP contribution in [0.4, 0.5) is 5.82 Å². The number of nitriles is 1. The zero-order valence-corrected chi connectivity index (χ0v) is 10.4. The van der Waals surface area contributed by atoms with Crippen LogP contribution in [0, 0.1) is 24.2 Å². The van der Waals surface area contributed by atoms with Crippen molar-refractivity contribution in [3.05, 3.63) is 23.4 Å². The molecule has 0 saturated carbocycles. The van der Waals surface area contributed by atoms with Crippen molar-refractivity contribution < 1.29 is 0 Å². The summed E-state index contributed by atoms with van der Waals surface area (Å²) in [6, 6.07) is 6.15. The Morgan fingerprint density at radius 1 is 1.44 bits per heavy atom. The SMILES string of the molecule is CCC(Nc1cc(C#N)cc(C)n1)C(C)C. The molecule has 1 aromatic rings. The zero-order chi connectivity index (χ0) is 12.1. The maximum atomic E-state index is 8.88. The third-order valence-electron chi connectivity index (χ3n) is 2.66. The van der Waals surface area contributed by atoms with Gasteiger partial charge in [0.1, 0.15) is 5.82 Å². The Morgan fingerprint density at radius 3 is 2.62 bits per heavy atom. The molecule has 1 rings (SSSR count). The van der Waals surface area contributed by atoms with E-state index in [1.54, 1.807) is 12.1 Å². The molecule has 1 heterocycles. The summed E-state index contributed by atoms with van der Waals surface area (Å²) in [7, 11) is 0. The van der Waals surface area contributed by atoms with E-state index in [1.165, 1.54) is 0 Å². The number of nitrogens with one attached hydrogen (secondary N) is 1. The van der Waals surface area contributed by atoms with Crippen LogP contribution in [0.3, 0.4) is 0 Å².